The van der Waals surface area contributed by atoms with E-state index in [0.717, 1.165) is 43.7 Å². The Hall–Kier alpha value is -1.49. The first-order valence-corrected chi connectivity index (χ1v) is 8.49. The number of hydrogen-bond acceptors (Lipinski definition) is 4. The van der Waals surface area contributed by atoms with Crippen molar-refractivity contribution in [1.29, 1.82) is 0 Å². The molecule has 1 aliphatic carbocycles. The third-order valence-electron chi connectivity index (χ3n) is 4.29. The summed E-state index contributed by atoms with van der Waals surface area (Å²) in [4.78, 5) is 13.9. The van der Waals surface area contributed by atoms with E-state index in [-0.39, 0.29) is 12.1 Å². The molecule has 1 saturated carbocycles. The summed E-state index contributed by atoms with van der Waals surface area (Å²) in [6, 6.07) is 4.77. The number of furan rings is 1. The van der Waals surface area contributed by atoms with Crippen molar-refractivity contribution in [3.63, 3.8) is 0 Å². The molecule has 23 heavy (non-hydrogen) atoms. The van der Waals surface area contributed by atoms with Crippen LogP contribution in [0.25, 0.3) is 0 Å². The monoisotopic (exact) mass is 322 g/mol. The standard InChI is InChI=1S/C18H30N2O3/c1-13-6-11-16(22-13)12-19-14-7-9-15(10-8-14)20(5)17(21)23-18(2,3)4/h6,11,14-15,19H,7-10,12H2,1-5H3. The molecule has 1 heterocycles. The predicted octanol–water partition coefficient (Wildman–Crippen LogP) is 3.86. The molecule has 5 heteroatoms. The molecule has 0 spiro atoms. The average molecular weight is 322 g/mol. The van der Waals surface area contributed by atoms with E-state index in [1.807, 2.05) is 46.9 Å². The maximum Gasteiger partial charge on any atom is 0.410 e. The van der Waals surface area contributed by atoms with Crippen LogP contribution in [0.1, 0.15) is 58.0 Å². The van der Waals surface area contributed by atoms with Crippen molar-refractivity contribution in [3.05, 3.63) is 23.7 Å². The van der Waals surface area contributed by atoms with Gasteiger partial charge in [-0.1, -0.05) is 0 Å². The third-order valence-corrected chi connectivity index (χ3v) is 4.29. The Bertz CT molecular complexity index is 511. The first kappa shape index (κ1) is 17.9. The number of carbonyl (C=O) groups excluding carboxylic acids is 1. The van der Waals surface area contributed by atoms with E-state index in [9.17, 15) is 4.79 Å². The SMILES string of the molecule is Cc1ccc(CNC2CCC(N(C)C(=O)OC(C)(C)C)CC2)o1. The van der Waals surface area contributed by atoms with Crippen LogP contribution in [0.4, 0.5) is 4.79 Å². The van der Waals surface area contributed by atoms with E-state index in [0.29, 0.717) is 6.04 Å². The van der Waals surface area contributed by atoms with Crippen LogP contribution in [0.3, 0.4) is 0 Å². The first-order chi connectivity index (χ1) is 10.7. The zero-order chi connectivity index (χ0) is 17.0. The Morgan fingerprint density at radius 2 is 1.96 bits per heavy atom. The molecule has 0 atom stereocenters. The largest absolute Gasteiger partial charge is 0.465 e. The summed E-state index contributed by atoms with van der Waals surface area (Å²) < 4.78 is 11.0. The molecule has 1 amide bonds. The molecule has 1 aliphatic rings. The summed E-state index contributed by atoms with van der Waals surface area (Å²) in [5, 5.41) is 3.55. The van der Waals surface area contributed by atoms with Crippen LogP contribution in [0, 0.1) is 6.92 Å². The molecule has 0 aromatic carbocycles. The number of nitrogens with one attached hydrogen (secondary N) is 1. The van der Waals surface area contributed by atoms with Gasteiger partial charge >= 0.3 is 6.09 Å². The van der Waals surface area contributed by atoms with Crippen molar-refractivity contribution in [1.82, 2.24) is 10.2 Å². The summed E-state index contributed by atoms with van der Waals surface area (Å²) in [6.45, 7) is 8.42. The van der Waals surface area contributed by atoms with Gasteiger partial charge in [-0.05, 0) is 65.5 Å². The van der Waals surface area contributed by atoms with Crippen molar-refractivity contribution in [2.24, 2.45) is 0 Å². The molecule has 0 bridgehead atoms. The lowest BCUT2D eigenvalue weighted by Gasteiger charge is -2.35. The molecule has 1 N–H and O–H groups in total. The maximum absolute atomic E-state index is 12.1. The van der Waals surface area contributed by atoms with Gasteiger partial charge in [0.05, 0.1) is 6.54 Å². The van der Waals surface area contributed by atoms with Crippen molar-refractivity contribution < 1.29 is 13.9 Å². The quantitative estimate of drug-likeness (QED) is 0.914. The Morgan fingerprint density at radius 3 is 2.48 bits per heavy atom. The second kappa shape index (κ2) is 7.39. The van der Waals surface area contributed by atoms with Crippen molar-refractivity contribution in [2.45, 2.75) is 77.6 Å². The summed E-state index contributed by atoms with van der Waals surface area (Å²) in [5.41, 5.74) is -0.439. The second-order valence-corrected chi connectivity index (χ2v) is 7.49. The van der Waals surface area contributed by atoms with Crippen LogP contribution < -0.4 is 5.32 Å². The van der Waals surface area contributed by atoms with Crippen LogP contribution >= 0.6 is 0 Å². The van der Waals surface area contributed by atoms with Crippen LogP contribution in [0.5, 0.6) is 0 Å². The van der Waals surface area contributed by atoms with Crippen LogP contribution in [-0.4, -0.2) is 35.7 Å². The van der Waals surface area contributed by atoms with E-state index >= 15 is 0 Å². The van der Waals surface area contributed by atoms with Crippen LogP contribution in [0.2, 0.25) is 0 Å². The lowest BCUT2D eigenvalue weighted by Crippen LogP contribution is -2.44. The minimum absolute atomic E-state index is 0.222. The van der Waals surface area contributed by atoms with Gasteiger partial charge in [0.2, 0.25) is 0 Å². The van der Waals surface area contributed by atoms with Gasteiger partial charge in [-0.15, -0.1) is 0 Å². The fourth-order valence-corrected chi connectivity index (χ4v) is 2.98. The van der Waals surface area contributed by atoms with E-state index in [2.05, 4.69) is 5.32 Å². The van der Waals surface area contributed by atoms with Gasteiger partial charge in [0.15, 0.2) is 0 Å². The smallest absolute Gasteiger partial charge is 0.410 e. The number of nitrogens with zero attached hydrogens (tertiary/aromatic N) is 1. The second-order valence-electron chi connectivity index (χ2n) is 7.49. The van der Waals surface area contributed by atoms with Crippen LogP contribution in [0.15, 0.2) is 16.5 Å². The molecule has 0 aliphatic heterocycles. The number of amides is 1. The molecule has 130 valence electrons. The van der Waals surface area contributed by atoms with Crippen molar-refractivity contribution >= 4 is 6.09 Å². The number of rotatable bonds is 4. The Balaban J connectivity index is 1.73. The van der Waals surface area contributed by atoms with Gasteiger partial charge in [-0.2, -0.15) is 0 Å². The van der Waals surface area contributed by atoms with Gasteiger partial charge in [0.25, 0.3) is 0 Å². The highest BCUT2D eigenvalue weighted by Gasteiger charge is 2.29. The summed E-state index contributed by atoms with van der Waals surface area (Å²) in [5.74, 6) is 1.93. The molecular formula is C18H30N2O3. The number of carbonyl (C=O) groups is 1. The minimum Gasteiger partial charge on any atom is -0.465 e. The van der Waals surface area contributed by atoms with Gasteiger partial charge < -0.3 is 19.4 Å². The van der Waals surface area contributed by atoms with E-state index < -0.39 is 5.60 Å². The molecule has 2 rings (SSSR count). The molecule has 1 fully saturated rings. The van der Waals surface area contributed by atoms with Gasteiger partial charge in [-0.25, -0.2) is 4.79 Å². The topological polar surface area (TPSA) is 54.7 Å². The van der Waals surface area contributed by atoms with Gasteiger partial charge in [0.1, 0.15) is 17.1 Å². The third kappa shape index (κ3) is 5.57. The minimum atomic E-state index is -0.439. The highest BCUT2D eigenvalue weighted by Crippen LogP contribution is 2.24. The van der Waals surface area contributed by atoms with E-state index in [1.54, 1.807) is 4.90 Å². The lowest BCUT2D eigenvalue weighted by atomic mass is 9.90. The van der Waals surface area contributed by atoms with E-state index in [1.165, 1.54) is 0 Å². The Kier molecular flexibility index (Phi) is 5.74. The highest BCUT2D eigenvalue weighted by molar-refractivity contribution is 5.68. The molecule has 0 radical (unpaired) electrons. The zero-order valence-electron chi connectivity index (χ0n) is 15.0. The Labute approximate surface area is 139 Å². The highest BCUT2D eigenvalue weighted by atomic mass is 16.6. The van der Waals surface area contributed by atoms with Crippen LogP contribution in [-0.2, 0) is 11.3 Å². The first-order valence-electron chi connectivity index (χ1n) is 8.49. The zero-order valence-corrected chi connectivity index (χ0v) is 15.0. The number of aryl methyl sites for hydroxylation is 1. The fraction of sp³-hybridized carbons (Fsp3) is 0.722. The number of ether oxygens (including phenoxy) is 1. The Morgan fingerprint density at radius 1 is 1.30 bits per heavy atom. The normalized spacial score (nSPS) is 22.0. The summed E-state index contributed by atoms with van der Waals surface area (Å²) in [7, 11) is 1.85. The fourth-order valence-electron chi connectivity index (χ4n) is 2.98. The number of hydrogen-bond donors (Lipinski definition) is 1. The molecule has 0 unspecified atom stereocenters. The van der Waals surface area contributed by atoms with Gasteiger partial charge in [0, 0.05) is 19.1 Å². The predicted molar refractivity (Wildman–Crippen MR) is 90.3 cm³/mol. The summed E-state index contributed by atoms with van der Waals surface area (Å²) >= 11 is 0. The maximum atomic E-state index is 12.1. The van der Waals surface area contributed by atoms with Gasteiger partial charge in [-0.3, -0.25) is 0 Å². The van der Waals surface area contributed by atoms with E-state index in [4.69, 9.17) is 9.15 Å². The molecular weight excluding hydrogens is 292 g/mol. The molecule has 1 aromatic heterocycles. The summed E-state index contributed by atoms with van der Waals surface area (Å²) in [6.07, 6.45) is 3.92. The van der Waals surface area contributed by atoms with Crippen molar-refractivity contribution in [2.75, 3.05) is 7.05 Å². The lowest BCUT2D eigenvalue weighted by molar-refractivity contribution is 0.0179. The molecule has 5 nitrogen and oxygen atoms in total. The molecule has 1 aromatic rings. The average Bonchev–Trinajstić information content (AvgIpc) is 2.89. The molecule has 0 saturated heterocycles. The van der Waals surface area contributed by atoms with Crippen molar-refractivity contribution in [3.8, 4) is 0 Å².